The minimum Gasteiger partial charge on any atom is -0.368 e. The molecule has 1 aromatic rings. The van der Waals surface area contributed by atoms with E-state index >= 15 is 0 Å². The second kappa shape index (κ2) is 9.35. The van der Waals surface area contributed by atoms with Crippen molar-refractivity contribution in [2.45, 2.75) is 59.2 Å². The van der Waals surface area contributed by atoms with Gasteiger partial charge in [0.15, 0.2) is 0 Å². The monoisotopic (exact) mass is 346 g/mol. The van der Waals surface area contributed by atoms with Crippen LogP contribution in [0, 0.1) is 5.92 Å². The van der Waals surface area contributed by atoms with E-state index in [2.05, 4.69) is 62.9 Å². The minimum atomic E-state index is -0.358. The van der Waals surface area contributed by atoms with Crippen molar-refractivity contribution < 1.29 is 9.53 Å². The normalized spacial score (nSPS) is 20.6. The topological polar surface area (TPSA) is 32.8 Å². The van der Waals surface area contributed by atoms with Crippen molar-refractivity contribution in [3.05, 3.63) is 35.9 Å². The van der Waals surface area contributed by atoms with Crippen LogP contribution in [0.3, 0.4) is 0 Å². The van der Waals surface area contributed by atoms with Crippen LogP contribution in [0.25, 0.3) is 0 Å². The Morgan fingerprint density at radius 2 is 1.92 bits per heavy atom. The van der Waals surface area contributed by atoms with Crippen molar-refractivity contribution in [3.8, 4) is 0 Å². The molecule has 1 aliphatic rings. The number of benzene rings is 1. The highest BCUT2D eigenvalue weighted by molar-refractivity contribution is 5.80. The van der Waals surface area contributed by atoms with E-state index in [-0.39, 0.29) is 18.1 Å². The van der Waals surface area contributed by atoms with Gasteiger partial charge in [0.25, 0.3) is 5.91 Å². The van der Waals surface area contributed by atoms with E-state index in [0.29, 0.717) is 18.6 Å². The predicted molar refractivity (Wildman–Crippen MR) is 102 cm³/mol. The van der Waals surface area contributed by atoms with Crippen LogP contribution in [-0.2, 0) is 9.53 Å². The van der Waals surface area contributed by atoms with Crippen LogP contribution in [-0.4, -0.2) is 54.1 Å². The Balaban J connectivity index is 1.95. The first-order valence-corrected chi connectivity index (χ1v) is 9.65. The molecule has 0 spiro atoms. The van der Waals surface area contributed by atoms with Crippen LogP contribution in [0.2, 0.25) is 0 Å². The molecule has 1 fully saturated rings. The molecule has 1 aliphatic heterocycles. The fraction of sp³-hybridized carbons (Fsp3) is 0.667. The van der Waals surface area contributed by atoms with Crippen molar-refractivity contribution in [3.63, 3.8) is 0 Å². The van der Waals surface area contributed by atoms with Crippen molar-refractivity contribution in [1.82, 2.24) is 9.80 Å². The molecule has 1 saturated heterocycles. The molecule has 25 heavy (non-hydrogen) atoms. The Hall–Kier alpha value is -1.39. The van der Waals surface area contributed by atoms with E-state index in [1.807, 2.05) is 11.8 Å². The summed E-state index contributed by atoms with van der Waals surface area (Å²) in [5.74, 6) is 0.571. The number of likely N-dealkylation sites (tertiary alicyclic amines) is 1. The third kappa shape index (κ3) is 5.29. The smallest absolute Gasteiger partial charge is 0.251 e. The Kier molecular flexibility index (Phi) is 7.45. The number of hydrogen-bond donors (Lipinski definition) is 0. The SMILES string of the molecule is CCN(C(=O)[C@H](C)OCC(C)C)[C@@H]1CCN([C@H](C)c2ccccc2)C1. The van der Waals surface area contributed by atoms with Crippen LogP contribution in [0.4, 0.5) is 0 Å². The summed E-state index contributed by atoms with van der Waals surface area (Å²) in [6.07, 6.45) is 0.677. The number of nitrogens with zero attached hydrogens (tertiary/aromatic N) is 2. The summed E-state index contributed by atoms with van der Waals surface area (Å²) in [5.41, 5.74) is 1.34. The Morgan fingerprint density at radius 3 is 2.52 bits per heavy atom. The van der Waals surface area contributed by atoms with Gasteiger partial charge in [-0.05, 0) is 38.7 Å². The van der Waals surface area contributed by atoms with Gasteiger partial charge in [-0.1, -0.05) is 44.2 Å². The molecule has 0 unspecified atom stereocenters. The summed E-state index contributed by atoms with van der Waals surface area (Å²) in [6, 6.07) is 11.3. The molecule has 4 nitrogen and oxygen atoms in total. The van der Waals surface area contributed by atoms with Crippen LogP contribution in [0.15, 0.2) is 30.3 Å². The quantitative estimate of drug-likeness (QED) is 0.719. The van der Waals surface area contributed by atoms with Crippen molar-refractivity contribution in [1.29, 1.82) is 0 Å². The third-order valence-corrected chi connectivity index (χ3v) is 5.12. The number of likely N-dealkylation sites (N-methyl/N-ethyl adjacent to an activating group) is 1. The zero-order valence-corrected chi connectivity index (χ0v) is 16.4. The van der Waals surface area contributed by atoms with Gasteiger partial charge in [0.1, 0.15) is 6.10 Å². The first-order chi connectivity index (χ1) is 11.9. The van der Waals surface area contributed by atoms with Gasteiger partial charge < -0.3 is 9.64 Å². The lowest BCUT2D eigenvalue weighted by molar-refractivity contribution is -0.145. The second-order valence-electron chi connectivity index (χ2n) is 7.52. The summed E-state index contributed by atoms with van der Waals surface area (Å²) in [5, 5.41) is 0. The maximum atomic E-state index is 12.8. The van der Waals surface area contributed by atoms with E-state index in [1.165, 1.54) is 5.56 Å². The number of amides is 1. The van der Waals surface area contributed by atoms with E-state index < -0.39 is 0 Å². The molecular formula is C21H34N2O2. The zero-order valence-electron chi connectivity index (χ0n) is 16.4. The molecule has 4 heteroatoms. The van der Waals surface area contributed by atoms with Gasteiger partial charge in [0.05, 0.1) is 0 Å². The van der Waals surface area contributed by atoms with Gasteiger partial charge >= 0.3 is 0 Å². The highest BCUT2D eigenvalue weighted by Gasteiger charge is 2.34. The molecule has 1 aromatic carbocycles. The molecule has 1 heterocycles. The van der Waals surface area contributed by atoms with E-state index in [9.17, 15) is 4.79 Å². The molecule has 0 aromatic heterocycles. The van der Waals surface area contributed by atoms with Crippen LogP contribution in [0.5, 0.6) is 0 Å². The number of carbonyl (C=O) groups excluding carboxylic acids is 1. The summed E-state index contributed by atoms with van der Waals surface area (Å²) in [4.78, 5) is 17.3. The lowest BCUT2D eigenvalue weighted by Crippen LogP contribution is -2.46. The lowest BCUT2D eigenvalue weighted by atomic mass is 10.1. The van der Waals surface area contributed by atoms with Gasteiger partial charge in [-0.15, -0.1) is 0 Å². The van der Waals surface area contributed by atoms with Crippen LogP contribution in [0.1, 0.15) is 52.6 Å². The molecule has 0 N–H and O–H groups in total. The van der Waals surface area contributed by atoms with Gasteiger partial charge in [-0.25, -0.2) is 0 Å². The Morgan fingerprint density at radius 1 is 1.24 bits per heavy atom. The zero-order chi connectivity index (χ0) is 18.4. The first-order valence-electron chi connectivity index (χ1n) is 9.65. The van der Waals surface area contributed by atoms with E-state index in [0.717, 1.165) is 26.1 Å². The molecule has 2 rings (SSSR count). The molecule has 140 valence electrons. The van der Waals surface area contributed by atoms with Crippen molar-refractivity contribution >= 4 is 5.91 Å². The first kappa shape index (κ1) is 19.9. The number of ether oxygens (including phenoxy) is 1. The Bertz CT molecular complexity index is 532. The standard InChI is InChI=1S/C21H34N2O2/c1-6-23(21(24)18(5)25-15-16(2)3)20-12-13-22(14-20)17(4)19-10-8-7-9-11-19/h7-11,16-18,20H,6,12-15H2,1-5H3/t17-,18+,20-/m1/s1. The van der Waals surface area contributed by atoms with Gasteiger partial charge in [-0.3, -0.25) is 9.69 Å². The molecule has 1 amide bonds. The van der Waals surface area contributed by atoms with Crippen LogP contribution >= 0.6 is 0 Å². The largest absolute Gasteiger partial charge is 0.368 e. The van der Waals surface area contributed by atoms with Gasteiger partial charge in [-0.2, -0.15) is 0 Å². The summed E-state index contributed by atoms with van der Waals surface area (Å²) >= 11 is 0. The van der Waals surface area contributed by atoms with Gasteiger partial charge in [0.2, 0.25) is 0 Å². The average molecular weight is 347 g/mol. The fourth-order valence-corrected chi connectivity index (χ4v) is 3.55. The average Bonchev–Trinajstić information content (AvgIpc) is 3.10. The minimum absolute atomic E-state index is 0.127. The maximum Gasteiger partial charge on any atom is 0.251 e. The van der Waals surface area contributed by atoms with Crippen molar-refractivity contribution in [2.24, 2.45) is 5.92 Å². The van der Waals surface area contributed by atoms with Crippen molar-refractivity contribution in [2.75, 3.05) is 26.2 Å². The van der Waals surface area contributed by atoms with E-state index in [4.69, 9.17) is 4.74 Å². The second-order valence-corrected chi connectivity index (χ2v) is 7.52. The Labute approximate surface area is 153 Å². The summed E-state index contributed by atoms with van der Waals surface area (Å²) in [6.45, 7) is 13.8. The predicted octanol–water partition coefficient (Wildman–Crippen LogP) is 3.73. The van der Waals surface area contributed by atoms with Gasteiger partial charge in [0, 0.05) is 38.3 Å². The molecular weight excluding hydrogens is 312 g/mol. The fourth-order valence-electron chi connectivity index (χ4n) is 3.55. The third-order valence-electron chi connectivity index (χ3n) is 5.12. The molecule has 0 saturated carbocycles. The number of hydrogen-bond acceptors (Lipinski definition) is 3. The number of rotatable bonds is 8. The molecule has 0 aliphatic carbocycles. The molecule has 0 radical (unpaired) electrons. The maximum absolute atomic E-state index is 12.8. The molecule has 0 bridgehead atoms. The van der Waals surface area contributed by atoms with Crippen LogP contribution < -0.4 is 0 Å². The number of carbonyl (C=O) groups is 1. The highest BCUT2D eigenvalue weighted by atomic mass is 16.5. The molecule has 3 atom stereocenters. The summed E-state index contributed by atoms with van der Waals surface area (Å²) in [7, 11) is 0. The van der Waals surface area contributed by atoms with E-state index in [1.54, 1.807) is 0 Å². The lowest BCUT2D eigenvalue weighted by Gasteiger charge is -2.31. The summed E-state index contributed by atoms with van der Waals surface area (Å²) < 4.78 is 5.75. The highest BCUT2D eigenvalue weighted by Crippen LogP contribution is 2.27.